The molecular formula is C14H26N4O2. The van der Waals surface area contributed by atoms with E-state index in [1.165, 1.54) is 0 Å². The third-order valence-electron chi connectivity index (χ3n) is 2.94. The van der Waals surface area contributed by atoms with Crippen molar-refractivity contribution in [1.82, 2.24) is 15.8 Å². The minimum Gasteiger partial charge on any atom is -0.379 e. The van der Waals surface area contributed by atoms with Gasteiger partial charge in [0, 0.05) is 26.3 Å². The van der Waals surface area contributed by atoms with Crippen molar-refractivity contribution < 1.29 is 9.26 Å². The number of nitrogens with zero attached hydrogens (tertiary/aromatic N) is 2. The van der Waals surface area contributed by atoms with E-state index in [1.807, 2.05) is 6.92 Å². The largest absolute Gasteiger partial charge is 0.379 e. The van der Waals surface area contributed by atoms with Crippen LogP contribution in [0.2, 0.25) is 0 Å². The van der Waals surface area contributed by atoms with Gasteiger partial charge in [0.25, 0.3) is 0 Å². The molecule has 1 heterocycles. The lowest BCUT2D eigenvalue weighted by molar-refractivity contribution is 0.0205. The normalized spacial score (nSPS) is 14.2. The highest BCUT2D eigenvalue weighted by molar-refractivity contribution is 5.79. The molecule has 6 heteroatoms. The first kappa shape index (κ1) is 16.5. The second kappa shape index (κ2) is 7.89. The van der Waals surface area contributed by atoms with Crippen LogP contribution in [-0.2, 0) is 11.3 Å². The Hall–Kier alpha value is -1.56. The third kappa shape index (κ3) is 5.61. The van der Waals surface area contributed by atoms with Crippen LogP contribution in [0.1, 0.15) is 33.4 Å². The van der Waals surface area contributed by atoms with E-state index in [1.54, 1.807) is 19.4 Å². The highest BCUT2D eigenvalue weighted by atomic mass is 16.5. The lowest BCUT2D eigenvalue weighted by Gasteiger charge is -2.30. The van der Waals surface area contributed by atoms with Gasteiger partial charge in [-0.15, -0.1) is 0 Å². The van der Waals surface area contributed by atoms with Crippen LogP contribution in [0.15, 0.2) is 21.8 Å². The molecule has 0 aliphatic heterocycles. The van der Waals surface area contributed by atoms with Gasteiger partial charge in [0.05, 0.1) is 12.6 Å². The minimum atomic E-state index is 0.0746. The zero-order valence-electron chi connectivity index (χ0n) is 13.1. The average molecular weight is 282 g/mol. The molecule has 0 aromatic carbocycles. The molecule has 0 radical (unpaired) electrons. The monoisotopic (exact) mass is 282 g/mol. The summed E-state index contributed by atoms with van der Waals surface area (Å²) < 4.78 is 10.3. The lowest BCUT2D eigenvalue weighted by Crippen LogP contribution is -2.45. The summed E-state index contributed by atoms with van der Waals surface area (Å²) in [6.45, 7) is 10.5. The number of ether oxygens (including phenoxy) is 1. The van der Waals surface area contributed by atoms with Crippen molar-refractivity contribution in [2.24, 2.45) is 10.4 Å². The quantitative estimate of drug-likeness (QED) is 0.615. The molecule has 1 unspecified atom stereocenters. The van der Waals surface area contributed by atoms with Crippen LogP contribution in [-0.4, -0.2) is 37.4 Å². The molecule has 0 saturated heterocycles. The standard InChI is InChI=1S/C14H26N4O2/c1-6-15-13(16-9-11-7-8-20-18-11)17-10-12(19-5)14(2,3)4/h7-8,12H,6,9-10H2,1-5H3,(H2,15,16,17). The van der Waals surface area contributed by atoms with Gasteiger partial charge in [0.1, 0.15) is 12.0 Å². The molecule has 0 amide bonds. The lowest BCUT2D eigenvalue weighted by atomic mass is 9.89. The van der Waals surface area contributed by atoms with Gasteiger partial charge in [-0.3, -0.25) is 0 Å². The number of aliphatic imine (C=N–C) groups is 1. The van der Waals surface area contributed by atoms with E-state index >= 15 is 0 Å². The summed E-state index contributed by atoms with van der Waals surface area (Å²) in [7, 11) is 1.73. The van der Waals surface area contributed by atoms with Crippen LogP contribution in [0.4, 0.5) is 0 Å². The Balaban J connectivity index is 2.56. The van der Waals surface area contributed by atoms with Gasteiger partial charge in [-0.2, -0.15) is 0 Å². The fourth-order valence-electron chi connectivity index (χ4n) is 1.75. The summed E-state index contributed by atoms with van der Waals surface area (Å²) in [5.74, 6) is 0.752. The SMILES string of the molecule is CCNC(=NCc1ccon1)NCC(OC)C(C)(C)C. The Morgan fingerprint density at radius 1 is 1.45 bits per heavy atom. The highest BCUT2D eigenvalue weighted by Gasteiger charge is 2.24. The molecule has 0 bridgehead atoms. The van der Waals surface area contributed by atoms with Gasteiger partial charge in [0.15, 0.2) is 5.96 Å². The van der Waals surface area contributed by atoms with Crippen molar-refractivity contribution in [3.63, 3.8) is 0 Å². The van der Waals surface area contributed by atoms with E-state index in [4.69, 9.17) is 9.26 Å². The molecule has 0 fully saturated rings. The summed E-state index contributed by atoms with van der Waals surface area (Å²) in [4.78, 5) is 4.46. The number of nitrogens with one attached hydrogen (secondary N) is 2. The van der Waals surface area contributed by atoms with Crippen molar-refractivity contribution >= 4 is 5.96 Å². The number of guanidine groups is 1. The number of aromatic nitrogens is 1. The number of rotatable bonds is 6. The van der Waals surface area contributed by atoms with Gasteiger partial charge in [-0.25, -0.2) is 4.99 Å². The van der Waals surface area contributed by atoms with Crippen molar-refractivity contribution in [2.75, 3.05) is 20.2 Å². The predicted molar refractivity (Wildman–Crippen MR) is 79.6 cm³/mol. The summed E-state index contributed by atoms with van der Waals surface area (Å²) in [6, 6.07) is 1.81. The van der Waals surface area contributed by atoms with E-state index in [9.17, 15) is 0 Å². The van der Waals surface area contributed by atoms with Gasteiger partial charge in [-0.05, 0) is 12.3 Å². The summed E-state index contributed by atoms with van der Waals surface area (Å²) in [5.41, 5.74) is 0.881. The summed E-state index contributed by atoms with van der Waals surface area (Å²) >= 11 is 0. The maximum absolute atomic E-state index is 5.52. The molecule has 114 valence electrons. The molecule has 0 aliphatic rings. The van der Waals surface area contributed by atoms with Crippen molar-refractivity contribution in [3.8, 4) is 0 Å². The Bertz CT molecular complexity index is 396. The number of methoxy groups -OCH3 is 1. The van der Waals surface area contributed by atoms with Crippen LogP contribution in [0.3, 0.4) is 0 Å². The van der Waals surface area contributed by atoms with Crippen molar-refractivity contribution in [3.05, 3.63) is 18.0 Å². The molecule has 6 nitrogen and oxygen atoms in total. The number of hydrogen-bond acceptors (Lipinski definition) is 4. The molecule has 1 aromatic rings. The van der Waals surface area contributed by atoms with Crippen molar-refractivity contribution in [1.29, 1.82) is 0 Å². The molecule has 1 aromatic heterocycles. The van der Waals surface area contributed by atoms with Gasteiger partial charge < -0.3 is 19.9 Å². The molecule has 20 heavy (non-hydrogen) atoms. The first-order valence-corrected chi connectivity index (χ1v) is 6.91. The molecular weight excluding hydrogens is 256 g/mol. The summed E-state index contributed by atoms with van der Waals surface area (Å²) in [6.07, 6.45) is 1.66. The molecule has 1 atom stereocenters. The van der Waals surface area contributed by atoms with E-state index < -0.39 is 0 Å². The Morgan fingerprint density at radius 3 is 2.70 bits per heavy atom. The van der Waals surface area contributed by atoms with Crippen LogP contribution >= 0.6 is 0 Å². The zero-order chi connectivity index (χ0) is 15.0. The average Bonchev–Trinajstić information content (AvgIpc) is 2.88. The van der Waals surface area contributed by atoms with Crippen LogP contribution in [0.25, 0.3) is 0 Å². The molecule has 0 spiro atoms. The summed E-state index contributed by atoms with van der Waals surface area (Å²) in [5, 5.41) is 10.3. The fourth-order valence-corrected chi connectivity index (χ4v) is 1.75. The van der Waals surface area contributed by atoms with E-state index in [2.05, 4.69) is 41.6 Å². The van der Waals surface area contributed by atoms with Gasteiger partial charge >= 0.3 is 0 Å². The van der Waals surface area contributed by atoms with E-state index in [0.717, 1.165) is 18.2 Å². The Labute approximate surface area is 121 Å². The molecule has 1 rings (SSSR count). The van der Waals surface area contributed by atoms with Gasteiger partial charge in [-0.1, -0.05) is 25.9 Å². The van der Waals surface area contributed by atoms with E-state index in [-0.39, 0.29) is 11.5 Å². The second-order valence-electron chi connectivity index (χ2n) is 5.66. The van der Waals surface area contributed by atoms with Crippen LogP contribution < -0.4 is 10.6 Å². The predicted octanol–water partition coefficient (Wildman–Crippen LogP) is 1.79. The fraction of sp³-hybridized carbons (Fsp3) is 0.714. The van der Waals surface area contributed by atoms with Crippen LogP contribution in [0, 0.1) is 5.41 Å². The molecule has 0 aliphatic carbocycles. The highest BCUT2D eigenvalue weighted by Crippen LogP contribution is 2.20. The van der Waals surface area contributed by atoms with E-state index in [0.29, 0.717) is 13.1 Å². The Kier molecular flexibility index (Phi) is 6.51. The second-order valence-corrected chi connectivity index (χ2v) is 5.66. The Morgan fingerprint density at radius 2 is 2.20 bits per heavy atom. The first-order chi connectivity index (χ1) is 9.47. The topological polar surface area (TPSA) is 71.7 Å². The first-order valence-electron chi connectivity index (χ1n) is 6.91. The minimum absolute atomic E-state index is 0.0746. The maximum atomic E-state index is 5.52. The molecule has 0 saturated carbocycles. The van der Waals surface area contributed by atoms with Crippen LogP contribution in [0.5, 0.6) is 0 Å². The number of hydrogen-bond donors (Lipinski definition) is 2. The third-order valence-corrected chi connectivity index (χ3v) is 2.94. The van der Waals surface area contributed by atoms with Crippen molar-refractivity contribution in [2.45, 2.75) is 40.3 Å². The van der Waals surface area contributed by atoms with Gasteiger partial charge in [0.2, 0.25) is 0 Å². The maximum Gasteiger partial charge on any atom is 0.191 e. The molecule has 2 N–H and O–H groups in total. The zero-order valence-corrected chi connectivity index (χ0v) is 13.1. The smallest absolute Gasteiger partial charge is 0.191 e.